The average Bonchev–Trinajstić information content (AvgIpc) is 2.97. The highest BCUT2D eigenvalue weighted by Crippen LogP contribution is 2.39. The molecular formula is C22H22BrN3O4S. The Hall–Kier alpha value is -2.78. The smallest absolute Gasteiger partial charge is 0.266 e. The summed E-state index contributed by atoms with van der Waals surface area (Å²) in [4.78, 5) is 30.5. The SMILES string of the molecule is CCOc1cc(/C=C2/SC(=Nc3ccc(C)cc3)N(C)C2=O)cc(Br)c1OCC(N)=O. The Balaban J connectivity index is 1.90. The summed E-state index contributed by atoms with van der Waals surface area (Å²) in [6.07, 6.45) is 1.77. The molecule has 0 spiro atoms. The van der Waals surface area contributed by atoms with Gasteiger partial charge in [-0.05, 0) is 77.4 Å². The minimum Gasteiger partial charge on any atom is -0.490 e. The Morgan fingerprint density at radius 1 is 1.26 bits per heavy atom. The number of aliphatic imine (C=N–C) groups is 1. The molecule has 2 amide bonds. The number of carbonyl (C=O) groups is 2. The van der Waals surface area contributed by atoms with E-state index in [1.807, 2.05) is 38.1 Å². The van der Waals surface area contributed by atoms with E-state index >= 15 is 0 Å². The number of benzene rings is 2. The zero-order chi connectivity index (χ0) is 22.5. The van der Waals surface area contributed by atoms with E-state index in [1.165, 1.54) is 16.7 Å². The van der Waals surface area contributed by atoms with Crippen molar-refractivity contribution in [1.29, 1.82) is 0 Å². The van der Waals surface area contributed by atoms with Crippen LogP contribution < -0.4 is 15.2 Å². The maximum atomic E-state index is 12.7. The third kappa shape index (κ3) is 5.68. The van der Waals surface area contributed by atoms with E-state index < -0.39 is 5.91 Å². The fourth-order valence-corrected chi connectivity index (χ4v) is 4.31. The lowest BCUT2D eigenvalue weighted by molar-refractivity contribution is -0.121. The van der Waals surface area contributed by atoms with Crippen LogP contribution >= 0.6 is 27.7 Å². The summed E-state index contributed by atoms with van der Waals surface area (Å²) >= 11 is 4.75. The molecule has 1 aliphatic rings. The number of aryl methyl sites for hydroxylation is 1. The molecule has 1 saturated heterocycles. The highest BCUT2D eigenvalue weighted by Gasteiger charge is 2.30. The first-order valence-corrected chi connectivity index (χ1v) is 11.1. The third-order valence-corrected chi connectivity index (χ3v) is 5.90. The average molecular weight is 504 g/mol. The molecular weight excluding hydrogens is 482 g/mol. The summed E-state index contributed by atoms with van der Waals surface area (Å²) in [5.41, 5.74) is 7.84. The van der Waals surface area contributed by atoms with Gasteiger partial charge in [-0.2, -0.15) is 0 Å². The second-order valence-electron chi connectivity index (χ2n) is 6.72. The van der Waals surface area contributed by atoms with Gasteiger partial charge in [0.05, 0.1) is 21.7 Å². The van der Waals surface area contributed by atoms with Gasteiger partial charge in [-0.3, -0.25) is 14.5 Å². The molecule has 2 N–H and O–H groups in total. The van der Waals surface area contributed by atoms with Crippen molar-refractivity contribution in [2.24, 2.45) is 10.7 Å². The van der Waals surface area contributed by atoms with Crippen LogP contribution in [-0.2, 0) is 9.59 Å². The van der Waals surface area contributed by atoms with Crippen LogP contribution in [0.25, 0.3) is 6.08 Å². The predicted molar refractivity (Wildman–Crippen MR) is 127 cm³/mol. The van der Waals surface area contributed by atoms with Crippen LogP contribution in [0.2, 0.25) is 0 Å². The fourth-order valence-electron chi connectivity index (χ4n) is 2.75. The number of ether oxygens (including phenoxy) is 2. The lowest BCUT2D eigenvalue weighted by Gasteiger charge is -2.14. The van der Waals surface area contributed by atoms with Gasteiger partial charge in [0.25, 0.3) is 11.8 Å². The number of hydrogen-bond donors (Lipinski definition) is 1. The van der Waals surface area contributed by atoms with Crippen molar-refractivity contribution in [3.8, 4) is 11.5 Å². The molecule has 2 aromatic carbocycles. The number of amides is 2. The van der Waals surface area contributed by atoms with Crippen molar-refractivity contribution in [3.63, 3.8) is 0 Å². The van der Waals surface area contributed by atoms with E-state index in [0.717, 1.165) is 16.8 Å². The summed E-state index contributed by atoms with van der Waals surface area (Å²) in [5, 5.41) is 0.602. The summed E-state index contributed by atoms with van der Waals surface area (Å²) in [5.74, 6) is 0.102. The Bertz CT molecular complexity index is 1070. The van der Waals surface area contributed by atoms with Crippen LogP contribution in [0.15, 0.2) is 50.8 Å². The molecule has 0 unspecified atom stereocenters. The Morgan fingerprint density at radius 3 is 2.61 bits per heavy atom. The molecule has 31 heavy (non-hydrogen) atoms. The molecule has 0 atom stereocenters. The Kier molecular flexibility index (Phi) is 7.40. The van der Waals surface area contributed by atoms with Gasteiger partial charge in [-0.15, -0.1) is 0 Å². The van der Waals surface area contributed by atoms with Crippen molar-refractivity contribution in [2.45, 2.75) is 13.8 Å². The first kappa shape index (κ1) is 22.9. The molecule has 0 radical (unpaired) electrons. The largest absolute Gasteiger partial charge is 0.490 e. The molecule has 2 aromatic rings. The highest BCUT2D eigenvalue weighted by atomic mass is 79.9. The monoisotopic (exact) mass is 503 g/mol. The van der Waals surface area contributed by atoms with Crippen molar-refractivity contribution in [1.82, 2.24) is 4.90 Å². The summed E-state index contributed by atoms with van der Waals surface area (Å²) in [6, 6.07) is 11.3. The first-order chi connectivity index (χ1) is 14.8. The number of amidine groups is 1. The first-order valence-electron chi connectivity index (χ1n) is 9.49. The zero-order valence-electron chi connectivity index (χ0n) is 17.3. The third-order valence-electron chi connectivity index (χ3n) is 4.25. The number of nitrogens with two attached hydrogens (primary N) is 1. The maximum Gasteiger partial charge on any atom is 0.266 e. The van der Waals surface area contributed by atoms with Gasteiger partial charge in [0.1, 0.15) is 0 Å². The summed E-state index contributed by atoms with van der Waals surface area (Å²) in [6.45, 7) is 3.99. The summed E-state index contributed by atoms with van der Waals surface area (Å²) in [7, 11) is 1.70. The van der Waals surface area contributed by atoms with Crippen molar-refractivity contribution in [2.75, 3.05) is 20.3 Å². The molecule has 1 aliphatic heterocycles. The lowest BCUT2D eigenvalue weighted by Crippen LogP contribution is -2.23. The van der Waals surface area contributed by atoms with Gasteiger partial charge in [0.2, 0.25) is 0 Å². The van der Waals surface area contributed by atoms with Crippen LogP contribution in [0.3, 0.4) is 0 Å². The number of likely N-dealkylation sites (N-methyl/N-ethyl adjacent to an activating group) is 1. The lowest BCUT2D eigenvalue weighted by atomic mass is 10.2. The van der Waals surface area contributed by atoms with Crippen LogP contribution in [0.5, 0.6) is 11.5 Å². The van der Waals surface area contributed by atoms with Gasteiger partial charge in [0.15, 0.2) is 23.3 Å². The maximum absolute atomic E-state index is 12.7. The number of thioether (sulfide) groups is 1. The van der Waals surface area contributed by atoms with E-state index in [0.29, 0.717) is 32.7 Å². The molecule has 1 heterocycles. The van der Waals surface area contributed by atoms with E-state index in [1.54, 1.807) is 25.3 Å². The van der Waals surface area contributed by atoms with E-state index in [2.05, 4.69) is 20.9 Å². The number of hydrogen-bond acceptors (Lipinski definition) is 6. The Labute approximate surface area is 193 Å². The summed E-state index contributed by atoms with van der Waals surface area (Å²) < 4.78 is 11.7. The molecule has 9 heteroatoms. The number of carbonyl (C=O) groups excluding carboxylic acids is 2. The number of primary amides is 1. The van der Waals surface area contributed by atoms with Crippen molar-refractivity contribution >= 4 is 56.4 Å². The van der Waals surface area contributed by atoms with Crippen molar-refractivity contribution in [3.05, 3.63) is 56.9 Å². The second kappa shape index (κ2) is 10.0. The molecule has 1 fully saturated rings. The van der Waals surface area contributed by atoms with Gasteiger partial charge >= 0.3 is 0 Å². The fraction of sp³-hybridized carbons (Fsp3) is 0.227. The van der Waals surface area contributed by atoms with Gasteiger partial charge in [0, 0.05) is 7.05 Å². The van der Waals surface area contributed by atoms with Gasteiger partial charge in [-0.1, -0.05) is 17.7 Å². The molecule has 0 saturated carbocycles. The standard InChI is InChI=1S/C22H22BrN3O4S/c1-4-29-17-10-14(9-16(23)20(17)30-12-19(24)27)11-18-21(28)26(3)22(31-18)25-15-7-5-13(2)6-8-15/h5-11H,4,12H2,1-3H3,(H2,24,27)/b18-11+,25-22?. The normalized spacial score (nSPS) is 16.3. The quantitative estimate of drug-likeness (QED) is 0.569. The minimum absolute atomic E-state index is 0.140. The van der Waals surface area contributed by atoms with Gasteiger partial charge < -0.3 is 15.2 Å². The van der Waals surface area contributed by atoms with Crippen molar-refractivity contribution < 1.29 is 19.1 Å². The van der Waals surface area contributed by atoms with Crippen LogP contribution in [0.1, 0.15) is 18.1 Å². The van der Waals surface area contributed by atoms with E-state index in [-0.39, 0.29) is 12.5 Å². The second-order valence-corrected chi connectivity index (χ2v) is 8.59. The van der Waals surface area contributed by atoms with Gasteiger partial charge in [-0.25, -0.2) is 4.99 Å². The van der Waals surface area contributed by atoms with Crippen LogP contribution in [0, 0.1) is 6.92 Å². The Morgan fingerprint density at radius 2 is 1.97 bits per heavy atom. The molecule has 3 rings (SSSR count). The number of rotatable bonds is 7. The van der Waals surface area contributed by atoms with Crippen LogP contribution in [0.4, 0.5) is 5.69 Å². The van der Waals surface area contributed by atoms with Crippen LogP contribution in [-0.4, -0.2) is 42.1 Å². The molecule has 7 nitrogen and oxygen atoms in total. The number of nitrogens with zero attached hydrogens (tertiary/aromatic N) is 2. The zero-order valence-corrected chi connectivity index (χ0v) is 19.7. The molecule has 0 aromatic heterocycles. The van der Waals surface area contributed by atoms with E-state index in [9.17, 15) is 9.59 Å². The highest BCUT2D eigenvalue weighted by molar-refractivity contribution is 9.10. The predicted octanol–water partition coefficient (Wildman–Crippen LogP) is 4.25. The topological polar surface area (TPSA) is 94.2 Å². The molecule has 162 valence electrons. The number of halogens is 1. The minimum atomic E-state index is -0.586. The molecule has 0 bridgehead atoms. The molecule has 0 aliphatic carbocycles. The van der Waals surface area contributed by atoms with E-state index in [4.69, 9.17) is 15.2 Å².